The molecule has 0 spiro atoms. The first-order valence-electron chi connectivity index (χ1n) is 18.2. The van der Waals surface area contributed by atoms with E-state index in [1.54, 1.807) is 0 Å². The van der Waals surface area contributed by atoms with Crippen molar-refractivity contribution in [3.05, 3.63) is 192 Å². The Morgan fingerprint density at radius 3 is 0.704 bits per heavy atom. The molecule has 0 radical (unpaired) electrons. The molecular formula is C46H40N4O2P2. The molecule has 0 saturated carbocycles. The maximum absolute atomic E-state index is 16.4. The highest BCUT2D eigenvalue weighted by Crippen LogP contribution is 2.72. The Morgan fingerprint density at radius 1 is 0.296 bits per heavy atom. The van der Waals surface area contributed by atoms with E-state index < -0.39 is 14.9 Å². The molecule has 0 atom stereocenters. The molecule has 7 aromatic rings. The van der Waals surface area contributed by atoms with Gasteiger partial charge in [0.15, 0.2) is 0 Å². The van der Waals surface area contributed by atoms with E-state index in [4.69, 9.17) is 0 Å². The maximum atomic E-state index is 16.4. The van der Waals surface area contributed by atoms with E-state index in [1.807, 2.05) is 140 Å². The van der Waals surface area contributed by atoms with Crippen LogP contribution in [0.3, 0.4) is 0 Å². The van der Waals surface area contributed by atoms with Gasteiger partial charge in [-0.3, -0.25) is 27.8 Å². The monoisotopic (exact) mass is 742 g/mol. The van der Waals surface area contributed by atoms with Crippen LogP contribution in [0.25, 0.3) is 0 Å². The highest BCUT2D eigenvalue weighted by Gasteiger charge is 2.51. The predicted octanol–water partition coefficient (Wildman–Crippen LogP) is 12.5. The molecule has 0 fully saturated rings. The summed E-state index contributed by atoms with van der Waals surface area (Å²) < 4.78 is 40.8. The SMILES string of the molecule is Cc1ccc(N2c3ccccc3N(c3ccc(C)cc3)P2(=O)c2ccc(P3(=O)N(c4ccc(C)cc4)c4ccccc4N3c3ccc(C)cc3)cc2)cc1. The number of aryl methyl sites for hydroxylation is 4. The van der Waals surface area contributed by atoms with Gasteiger partial charge in [0, 0.05) is 22.7 Å². The lowest BCUT2D eigenvalue weighted by atomic mass is 10.2. The third kappa shape index (κ3) is 5.24. The lowest BCUT2D eigenvalue weighted by Gasteiger charge is -2.35. The first-order chi connectivity index (χ1) is 26.2. The second kappa shape index (κ2) is 13.0. The molecule has 0 N–H and O–H groups in total. The summed E-state index contributed by atoms with van der Waals surface area (Å²) >= 11 is 0. The highest BCUT2D eigenvalue weighted by molar-refractivity contribution is 7.76. The summed E-state index contributed by atoms with van der Waals surface area (Å²) in [6.45, 7) is 8.23. The van der Waals surface area contributed by atoms with Crippen LogP contribution in [0.5, 0.6) is 0 Å². The van der Waals surface area contributed by atoms with Crippen molar-refractivity contribution in [1.29, 1.82) is 0 Å². The average molecular weight is 743 g/mol. The molecule has 0 bridgehead atoms. The van der Waals surface area contributed by atoms with Crippen molar-refractivity contribution in [1.82, 2.24) is 0 Å². The average Bonchev–Trinajstić information content (AvgIpc) is 3.62. The van der Waals surface area contributed by atoms with Crippen LogP contribution in [0.1, 0.15) is 22.3 Å². The van der Waals surface area contributed by atoms with E-state index >= 15 is 9.13 Å². The minimum absolute atomic E-state index is 0.635. The van der Waals surface area contributed by atoms with Gasteiger partial charge < -0.3 is 0 Å². The molecule has 6 nitrogen and oxygen atoms in total. The van der Waals surface area contributed by atoms with Gasteiger partial charge in [-0.25, -0.2) is 0 Å². The first-order valence-corrected chi connectivity index (χ1v) is 21.4. The molecule has 266 valence electrons. The fourth-order valence-corrected chi connectivity index (χ4v) is 13.6. The molecule has 0 unspecified atom stereocenters. The Balaban J connectivity index is 1.25. The van der Waals surface area contributed by atoms with Crippen molar-refractivity contribution < 1.29 is 9.13 Å². The van der Waals surface area contributed by atoms with E-state index in [-0.39, 0.29) is 0 Å². The van der Waals surface area contributed by atoms with Crippen LogP contribution >= 0.6 is 14.9 Å². The van der Waals surface area contributed by atoms with Crippen molar-refractivity contribution in [2.24, 2.45) is 0 Å². The van der Waals surface area contributed by atoms with Gasteiger partial charge in [-0.05, 0) is 125 Å². The Morgan fingerprint density at radius 2 is 0.500 bits per heavy atom. The second-order valence-electron chi connectivity index (χ2n) is 14.2. The standard InChI is InChI=1S/C46H40N4O2P2/c1-33-13-21-37(22-14-33)47-43-9-5-6-10-44(43)48(38-23-15-34(2)16-24-38)53(47,51)41-29-31-42(32-30-41)54(52)49(39-25-17-35(3)18-26-39)45-11-7-8-12-46(45)50(54)40-27-19-36(4)20-28-40/h5-32H,1-4H3. The van der Waals surface area contributed by atoms with E-state index in [0.717, 1.165) is 67.8 Å². The number of nitrogens with zero attached hydrogens (tertiary/aromatic N) is 4. The van der Waals surface area contributed by atoms with Crippen LogP contribution in [0.2, 0.25) is 0 Å². The molecule has 0 aliphatic carbocycles. The van der Waals surface area contributed by atoms with Gasteiger partial charge in [-0.15, -0.1) is 0 Å². The van der Waals surface area contributed by atoms with Crippen LogP contribution in [0.15, 0.2) is 170 Å². The lowest BCUT2D eigenvalue weighted by molar-refractivity contribution is 0.581. The van der Waals surface area contributed by atoms with E-state index in [9.17, 15) is 0 Å². The van der Waals surface area contributed by atoms with Gasteiger partial charge in [0.1, 0.15) is 0 Å². The van der Waals surface area contributed by atoms with E-state index in [0.29, 0.717) is 10.6 Å². The zero-order chi connectivity index (χ0) is 37.2. The first kappa shape index (κ1) is 34.0. The zero-order valence-electron chi connectivity index (χ0n) is 30.7. The molecule has 7 aromatic carbocycles. The van der Waals surface area contributed by atoms with Crippen LogP contribution < -0.4 is 29.3 Å². The van der Waals surface area contributed by atoms with Gasteiger partial charge in [-0.2, -0.15) is 0 Å². The third-order valence-corrected chi connectivity index (χ3v) is 16.3. The third-order valence-electron chi connectivity index (χ3n) is 10.4. The number of rotatable bonds is 6. The van der Waals surface area contributed by atoms with Gasteiger partial charge in [-0.1, -0.05) is 95.1 Å². The molecule has 54 heavy (non-hydrogen) atoms. The van der Waals surface area contributed by atoms with E-state index in [1.165, 1.54) is 0 Å². The summed E-state index contributed by atoms with van der Waals surface area (Å²) in [6.07, 6.45) is 0. The van der Waals surface area contributed by atoms with Gasteiger partial charge in [0.05, 0.1) is 33.4 Å². The molecule has 0 saturated heterocycles. The normalized spacial score (nSPS) is 15.3. The predicted molar refractivity (Wildman–Crippen MR) is 227 cm³/mol. The van der Waals surface area contributed by atoms with Crippen LogP contribution in [-0.2, 0) is 9.13 Å². The van der Waals surface area contributed by atoms with Crippen LogP contribution in [0.4, 0.5) is 45.5 Å². The minimum Gasteiger partial charge on any atom is -0.270 e. The van der Waals surface area contributed by atoms with Gasteiger partial charge >= 0.3 is 14.9 Å². The zero-order valence-corrected chi connectivity index (χ0v) is 32.5. The lowest BCUT2D eigenvalue weighted by Crippen LogP contribution is -2.30. The van der Waals surface area contributed by atoms with Crippen LogP contribution in [-0.4, -0.2) is 0 Å². The fourth-order valence-electron chi connectivity index (χ4n) is 7.64. The van der Waals surface area contributed by atoms with Crippen LogP contribution in [0, 0.1) is 27.7 Å². The quantitative estimate of drug-likeness (QED) is 0.158. The molecular weight excluding hydrogens is 702 g/mol. The molecule has 9 rings (SSSR count). The molecule has 2 heterocycles. The summed E-state index contributed by atoms with van der Waals surface area (Å²) in [5.74, 6) is 0. The number of fused-ring (bicyclic) bond motifs is 2. The highest BCUT2D eigenvalue weighted by atomic mass is 31.2. The van der Waals surface area contributed by atoms with Gasteiger partial charge in [0.2, 0.25) is 0 Å². The Bertz CT molecular complexity index is 2270. The largest absolute Gasteiger partial charge is 0.301 e. The number of hydrogen-bond donors (Lipinski definition) is 0. The Hall–Kier alpha value is -5.80. The summed E-state index contributed by atoms with van der Waals surface area (Å²) in [6, 6.07) is 56.6. The Labute approximate surface area is 317 Å². The Kier molecular flexibility index (Phi) is 8.15. The van der Waals surface area contributed by atoms with Gasteiger partial charge in [0.25, 0.3) is 0 Å². The summed E-state index contributed by atoms with van der Waals surface area (Å²) in [4.78, 5) is 0. The number of para-hydroxylation sites is 4. The van der Waals surface area contributed by atoms with Crippen molar-refractivity contribution in [3.63, 3.8) is 0 Å². The summed E-state index contributed by atoms with van der Waals surface area (Å²) in [7, 11) is -7.28. The maximum Gasteiger partial charge on any atom is 0.301 e. The molecule has 2 aliphatic heterocycles. The summed E-state index contributed by atoms with van der Waals surface area (Å²) in [5.41, 5.74) is 11.3. The topological polar surface area (TPSA) is 47.1 Å². The fraction of sp³-hybridized carbons (Fsp3) is 0.0870. The number of hydrogen-bond acceptors (Lipinski definition) is 2. The molecule has 0 aromatic heterocycles. The molecule has 0 amide bonds. The van der Waals surface area contributed by atoms with Crippen molar-refractivity contribution >= 4 is 71.0 Å². The van der Waals surface area contributed by atoms with Crippen molar-refractivity contribution in [3.8, 4) is 0 Å². The van der Waals surface area contributed by atoms with Crippen molar-refractivity contribution in [2.75, 3.05) is 18.7 Å². The van der Waals surface area contributed by atoms with E-state index in [2.05, 4.69) is 76.2 Å². The smallest absolute Gasteiger partial charge is 0.270 e. The summed E-state index contributed by atoms with van der Waals surface area (Å²) in [5, 5.41) is 1.27. The number of benzene rings is 7. The minimum atomic E-state index is -3.64. The van der Waals surface area contributed by atoms with Crippen molar-refractivity contribution in [2.45, 2.75) is 27.7 Å². The second-order valence-corrected chi connectivity index (χ2v) is 19.0. The molecule has 2 aliphatic rings. The molecule has 8 heteroatoms. The number of anilines is 8.